The van der Waals surface area contributed by atoms with Crippen molar-refractivity contribution in [2.24, 2.45) is 5.92 Å². The van der Waals surface area contributed by atoms with Crippen LogP contribution in [-0.2, 0) is 6.54 Å². The zero-order chi connectivity index (χ0) is 13.9. The highest BCUT2D eigenvalue weighted by Gasteiger charge is 2.21. The van der Waals surface area contributed by atoms with E-state index in [1.165, 1.54) is 19.3 Å². The fraction of sp³-hybridized carbons (Fsp3) is 0.438. The van der Waals surface area contributed by atoms with Crippen molar-refractivity contribution in [3.05, 3.63) is 35.6 Å². The van der Waals surface area contributed by atoms with Crippen LogP contribution < -0.4 is 5.32 Å². The molecular weight excluding hydrogens is 254 g/mol. The van der Waals surface area contributed by atoms with Crippen LogP contribution in [0.4, 0.5) is 0 Å². The molecule has 0 bridgehead atoms. The Labute approximate surface area is 117 Å². The molecule has 0 aliphatic heterocycles. The van der Waals surface area contributed by atoms with Crippen molar-refractivity contribution in [3.8, 4) is 0 Å². The molecule has 1 fully saturated rings. The number of aromatic carboxylic acids is 1. The van der Waals surface area contributed by atoms with E-state index < -0.39 is 5.97 Å². The van der Waals surface area contributed by atoms with Crippen LogP contribution in [0.3, 0.4) is 0 Å². The molecule has 0 radical (unpaired) electrons. The van der Waals surface area contributed by atoms with E-state index in [2.05, 4.69) is 5.32 Å². The van der Waals surface area contributed by atoms with Gasteiger partial charge in [0.15, 0.2) is 0 Å². The molecule has 1 aliphatic rings. The van der Waals surface area contributed by atoms with Gasteiger partial charge < -0.3 is 14.8 Å². The molecule has 0 spiro atoms. The minimum Gasteiger partial charge on any atom is -0.478 e. The summed E-state index contributed by atoms with van der Waals surface area (Å²) in [6.45, 7) is 1.38. The zero-order valence-corrected chi connectivity index (χ0v) is 11.4. The first-order valence-electron chi connectivity index (χ1n) is 7.20. The van der Waals surface area contributed by atoms with Gasteiger partial charge in [-0.3, -0.25) is 0 Å². The summed E-state index contributed by atoms with van der Waals surface area (Å²) in [5, 5.41) is 13.3. The van der Waals surface area contributed by atoms with Crippen LogP contribution in [0.1, 0.15) is 41.8 Å². The molecule has 1 aromatic heterocycles. The van der Waals surface area contributed by atoms with Gasteiger partial charge in [-0.05, 0) is 31.4 Å². The summed E-state index contributed by atoms with van der Waals surface area (Å²) in [5.74, 6) is 0.535. The topological polar surface area (TPSA) is 62.5 Å². The Balaban J connectivity index is 1.66. The van der Waals surface area contributed by atoms with Gasteiger partial charge in [-0.15, -0.1) is 0 Å². The number of hydrogen-bond donors (Lipinski definition) is 2. The average Bonchev–Trinajstić information content (AvgIpc) is 3.17. The highest BCUT2D eigenvalue weighted by atomic mass is 16.4. The van der Waals surface area contributed by atoms with E-state index >= 15 is 0 Å². The third-order valence-electron chi connectivity index (χ3n) is 3.83. The number of carboxylic acid groups (broad SMARTS) is 1. The van der Waals surface area contributed by atoms with Crippen molar-refractivity contribution in [3.63, 3.8) is 0 Å². The second-order valence-corrected chi connectivity index (χ2v) is 5.46. The van der Waals surface area contributed by atoms with E-state index in [0.29, 0.717) is 23.3 Å². The molecule has 3 rings (SSSR count). The van der Waals surface area contributed by atoms with E-state index in [-0.39, 0.29) is 5.56 Å². The lowest BCUT2D eigenvalue weighted by Crippen LogP contribution is -2.16. The standard InChI is InChI=1S/C16H19NO3/c18-16(19)15-12-5-1-2-6-13(12)20-14(15)10-17-9-3-4-11-7-8-11/h1-2,5-6,11,17H,3-4,7-10H2,(H,18,19). The van der Waals surface area contributed by atoms with Crippen molar-refractivity contribution in [1.82, 2.24) is 5.32 Å². The molecule has 1 aliphatic carbocycles. The molecule has 0 saturated heterocycles. The molecule has 4 heteroatoms. The molecule has 0 atom stereocenters. The number of benzene rings is 1. The van der Waals surface area contributed by atoms with Gasteiger partial charge in [-0.1, -0.05) is 31.0 Å². The second kappa shape index (κ2) is 5.67. The van der Waals surface area contributed by atoms with Crippen LogP contribution in [0.5, 0.6) is 0 Å². The first kappa shape index (κ1) is 13.2. The number of rotatable bonds is 7. The van der Waals surface area contributed by atoms with Gasteiger partial charge in [-0.25, -0.2) is 4.79 Å². The van der Waals surface area contributed by atoms with Crippen molar-refractivity contribution in [1.29, 1.82) is 0 Å². The largest absolute Gasteiger partial charge is 0.478 e. The summed E-state index contributed by atoms with van der Waals surface area (Å²) in [4.78, 5) is 11.4. The van der Waals surface area contributed by atoms with Crippen LogP contribution in [0.25, 0.3) is 11.0 Å². The van der Waals surface area contributed by atoms with Crippen LogP contribution in [0.15, 0.2) is 28.7 Å². The molecule has 106 valence electrons. The lowest BCUT2D eigenvalue weighted by atomic mass is 10.1. The van der Waals surface area contributed by atoms with E-state index in [0.717, 1.165) is 18.9 Å². The number of para-hydroxylation sites is 1. The number of hydrogen-bond acceptors (Lipinski definition) is 3. The van der Waals surface area contributed by atoms with Crippen molar-refractivity contribution < 1.29 is 14.3 Å². The number of nitrogens with one attached hydrogen (secondary N) is 1. The zero-order valence-electron chi connectivity index (χ0n) is 11.4. The van der Waals surface area contributed by atoms with E-state index in [1.54, 1.807) is 12.1 Å². The molecule has 1 saturated carbocycles. The van der Waals surface area contributed by atoms with E-state index in [4.69, 9.17) is 4.42 Å². The summed E-state index contributed by atoms with van der Waals surface area (Å²) in [6, 6.07) is 7.28. The van der Waals surface area contributed by atoms with Crippen molar-refractivity contribution in [2.45, 2.75) is 32.2 Å². The van der Waals surface area contributed by atoms with Gasteiger partial charge in [0.2, 0.25) is 0 Å². The van der Waals surface area contributed by atoms with Gasteiger partial charge in [0.25, 0.3) is 0 Å². The van der Waals surface area contributed by atoms with Crippen LogP contribution >= 0.6 is 0 Å². The van der Waals surface area contributed by atoms with E-state index in [9.17, 15) is 9.90 Å². The Morgan fingerprint density at radius 3 is 2.90 bits per heavy atom. The SMILES string of the molecule is O=C(O)c1c(CNCCCC2CC2)oc2ccccc12. The first-order chi connectivity index (χ1) is 9.75. The Morgan fingerprint density at radius 2 is 2.15 bits per heavy atom. The Hall–Kier alpha value is -1.81. The summed E-state index contributed by atoms with van der Waals surface area (Å²) in [7, 11) is 0. The predicted molar refractivity (Wildman–Crippen MR) is 76.8 cm³/mol. The maximum Gasteiger partial charge on any atom is 0.339 e. The van der Waals surface area contributed by atoms with Gasteiger partial charge in [0.05, 0.1) is 6.54 Å². The Bertz CT molecular complexity index is 613. The summed E-state index contributed by atoms with van der Waals surface area (Å²) in [5.41, 5.74) is 0.926. The minimum absolute atomic E-state index is 0.287. The van der Waals surface area contributed by atoms with Crippen molar-refractivity contribution >= 4 is 16.9 Å². The summed E-state index contributed by atoms with van der Waals surface area (Å²) in [6.07, 6.45) is 5.19. The quantitative estimate of drug-likeness (QED) is 0.759. The monoisotopic (exact) mass is 273 g/mol. The molecule has 0 amide bonds. The Morgan fingerprint density at radius 1 is 1.35 bits per heavy atom. The third-order valence-corrected chi connectivity index (χ3v) is 3.83. The van der Waals surface area contributed by atoms with Crippen LogP contribution in [0, 0.1) is 5.92 Å². The van der Waals surface area contributed by atoms with Gasteiger partial charge in [0.1, 0.15) is 16.9 Å². The number of carboxylic acids is 1. The number of furan rings is 1. The van der Waals surface area contributed by atoms with E-state index in [1.807, 2.05) is 12.1 Å². The third kappa shape index (κ3) is 2.85. The maximum absolute atomic E-state index is 11.4. The fourth-order valence-electron chi connectivity index (χ4n) is 2.58. The molecule has 2 N–H and O–H groups in total. The second-order valence-electron chi connectivity index (χ2n) is 5.46. The molecule has 1 heterocycles. The molecule has 2 aromatic rings. The first-order valence-corrected chi connectivity index (χ1v) is 7.20. The Kier molecular flexibility index (Phi) is 3.74. The maximum atomic E-state index is 11.4. The predicted octanol–water partition coefficient (Wildman–Crippen LogP) is 3.41. The molecular formula is C16H19NO3. The lowest BCUT2D eigenvalue weighted by Gasteiger charge is -2.03. The normalized spacial score (nSPS) is 14.8. The summed E-state index contributed by atoms with van der Waals surface area (Å²) < 4.78 is 5.66. The average molecular weight is 273 g/mol. The summed E-state index contributed by atoms with van der Waals surface area (Å²) >= 11 is 0. The lowest BCUT2D eigenvalue weighted by molar-refractivity contribution is 0.0696. The molecule has 0 unspecified atom stereocenters. The van der Waals surface area contributed by atoms with Crippen LogP contribution in [-0.4, -0.2) is 17.6 Å². The molecule has 20 heavy (non-hydrogen) atoms. The minimum atomic E-state index is -0.926. The number of fused-ring (bicyclic) bond motifs is 1. The highest BCUT2D eigenvalue weighted by molar-refractivity contribution is 6.03. The van der Waals surface area contributed by atoms with Gasteiger partial charge in [0, 0.05) is 5.39 Å². The fourth-order valence-corrected chi connectivity index (χ4v) is 2.58. The number of carbonyl (C=O) groups is 1. The van der Waals surface area contributed by atoms with Gasteiger partial charge >= 0.3 is 5.97 Å². The smallest absolute Gasteiger partial charge is 0.339 e. The van der Waals surface area contributed by atoms with Crippen LogP contribution in [0.2, 0.25) is 0 Å². The van der Waals surface area contributed by atoms with Gasteiger partial charge in [-0.2, -0.15) is 0 Å². The van der Waals surface area contributed by atoms with Crippen molar-refractivity contribution in [2.75, 3.05) is 6.54 Å². The molecule has 4 nitrogen and oxygen atoms in total. The molecule has 1 aromatic carbocycles. The highest BCUT2D eigenvalue weighted by Crippen LogP contribution is 2.33.